The Morgan fingerprint density at radius 2 is 1.75 bits per heavy atom. The molecule has 7 nitrogen and oxygen atoms in total. The van der Waals surface area contributed by atoms with Gasteiger partial charge in [-0.15, -0.1) is 0 Å². The largest absolute Gasteiger partial charge is 0.397 e. The Bertz CT molecular complexity index is 642. The van der Waals surface area contributed by atoms with Crippen LogP contribution in [0.5, 0.6) is 0 Å². The molecule has 1 aromatic heterocycles. The van der Waals surface area contributed by atoms with Gasteiger partial charge in [-0.05, 0) is 30.7 Å². The second kappa shape index (κ2) is 5.79. The van der Waals surface area contributed by atoms with Crippen molar-refractivity contribution in [3.8, 4) is 0 Å². The predicted octanol–water partition coefficient (Wildman–Crippen LogP) is 0.944. The number of hydrogen-bond acceptors (Lipinski definition) is 5. The van der Waals surface area contributed by atoms with E-state index >= 15 is 0 Å². The molecule has 0 aliphatic heterocycles. The highest BCUT2D eigenvalue weighted by molar-refractivity contribution is 6.43. The summed E-state index contributed by atoms with van der Waals surface area (Å²) in [7, 11) is 0. The molecule has 0 fully saturated rings. The topological polar surface area (TPSA) is 110 Å². The molecule has 2 rings (SSSR count). The molecule has 20 heavy (non-hydrogen) atoms. The molecule has 1 heterocycles. The number of nitrogens with two attached hydrogens (primary N) is 1. The standard InChI is InChI=1S/C13H13N5O2/c1-8-3-4-10(9(14)7-8)17-11(19)12(20)18-13-15-5-2-6-16-13/h2-7H,14H2,1H3,(H,17,19)(H,15,16,18,20). The summed E-state index contributed by atoms with van der Waals surface area (Å²) in [6.07, 6.45) is 2.91. The summed E-state index contributed by atoms with van der Waals surface area (Å²) in [5.41, 5.74) is 7.48. The smallest absolute Gasteiger partial charge is 0.316 e. The van der Waals surface area contributed by atoms with E-state index < -0.39 is 11.8 Å². The van der Waals surface area contributed by atoms with Gasteiger partial charge in [-0.2, -0.15) is 0 Å². The molecular weight excluding hydrogens is 258 g/mol. The number of aryl methyl sites for hydroxylation is 1. The zero-order valence-electron chi connectivity index (χ0n) is 10.8. The summed E-state index contributed by atoms with van der Waals surface area (Å²) < 4.78 is 0. The van der Waals surface area contributed by atoms with Crippen molar-refractivity contribution in [3.63, 3.8) is 0 Å². The maximum Gasteiger partial charge on any atom is 0.316 e. The number of aromatic nitrogens is 2. The van der Waals surface area contributed by atoms with Crippen LogP contribution in [0.2, 0.25) is 0 Å². The molecule has 0 unspecified atom stereocenters. The van der Waals surface area contributed by atoms with E-state index in [1.54, 1.807) is 24.3 Å². The van der Waals surface area contributed by atoms with Crippen molar-refractivity contribution in [2.45, 2.75) is 6.92 Å². The molecule has 2 aromatic rings. The van der Waals surface area contributed by atoms with Gasteiger partial charge in [-0.1, -0.05) is 6.07 Å². The molecule has 102 valence electrons. The molecule has 1 aromatic carbocycles. The van der Waals surface area contributed by atoms with Crippen molar-refractivity contribution >= 4 is 29.1 Å². The van der Waals surface area contributed by atoms with Crippen LogP contribution in [0.25, 0.3) is 0 Å². The van der Waals surface area contributed by atoms with E-state index in [9.17, 15) is 9.59 Å². The lowest BCUT2D eigenvalue weighted by atomic mass is 10.2. The van der Waals surface area contributed by atoms with Crippen molar-refractivity contribution < 1.29 is 9.59 Å². The summed E-state index contributed by atoms with van der Waals surface area (Å²) in [6, 6.07) is 6.72. The average Bonchev–Trinajstić information content (AvgIpc) is 2.43. The van der Waals surface area contributed by atoms with Gasteiger partial charge in [-0.3, -0.25) is 14.9 Å². The fourth-order valence-corrected chi connectivity index (χ4v) is 1.50. The third kappa shape index (κ3) is 3.29. The van der Waals surface area contributed by atoms with Crippen LogP contribution in [0.1, 0.15) is 5.56 Å². The van der Waals surface area contributed by atoms with Gasteiger partial charge in [0.15, 0.2) is 0 Å². The first-order valence-corrected chi connectivity index (χ1v) is 5.82. The lowest BCUT2D eigenvalue weighted by Crippen LogP contribution is -2.30. The molecule has 7 heteroatoms. The van der Waals surface area contributed by atoms with Gasteiger partial charge in [0, 0.05) is 12.4 Å². The SMILES string of the molecule is Cc1ccc(NC(=O)C(=O)Nc2ncccn2)c(N)c1. The van der Waals surface area contributed by atoms with Crippen molar-refractivity contribution in [2.75, 3.05) is 16.4 Å². The van der Waals surface area contributed by atoms with Crippen LogP contribution in [0.15, 0.2) is 36.7 Å². The predicted molar refractivity (Wildman–Crippen MR) is 74.9 cm³/mol. The van der Waals surface area contributed by atoms with Crippen LogP contribution in [-0.4, -0.2) is 21.8 Å². The second-order valence-corrected chi connectivity index (χ2v) is 4.07. The quantitative estimate of drug-likeness (QED) is 0.556. The number of nitrogens with one attached hydrogen (secondary N) is 2. The Kier molecular flexibility index (Phi) is 3.90. The molecule has 0 aliphatic rings. The van der Waals surface area contributed by atoms with Crippen LogP contribution in [0, 0.1) is 6.92 Å². The Hall–Kier alpha value is -2.96. The summed E-state index contributed by atoms with van der Waals surface area (Å²) in [6.45, 7) is 1.88. The van der Waals surface area contributed by atoms with Gasteiger partial charge in [-0.25, -0.2) is 9.97 Å². The lowest BCUT2D eigenvalue weighted by molar-refractivity contribution is -0.133. The normalized spacial score (nSPS) is 9.85. The van der Waals surface area contributed by atoms with Crippen LogP contribution >= 0.6 is 0 Å². The van der Waals surface area contributed by atoms with Crippen molar-refractivity contribution in [3.05, 3.63) is 42.2 Å². The van der Waals surface area contributed by atoms with Gasteiger partial charge in [0.1, 0.15) is 0 Å². The zero-order valence-corrected chi connectivity index (χ0v) is 10.8. The summed E-state index contributed by atoms with van der Waals surface area (Å²) in [5.74, 6) is -1.64. The van der Waals surface area contributed by atoms with E-state index in [0.717, 1.165) is 5.56 Å². The van der Waals surface area contributed by atoms with Crippen LogP contribution in [0.4, 0.5) is 17.3 Å². The molecule has 0 saturated carbocycles. The van der Waals surface area contributed by atoms with Crippen LogP contribution < -0.4 is 16.4 Å². The number of hydrogen-bond donors (Lipinski definition) is 3. The van der Waals surface area contributed by atoms with Gasteiger partial charge in [0.05, 0.1) is 11.4 Å². The Balaban J connectivity index is 2.03. The van der Waals surface area contributed by atoms with Crippen molar-refractivity contribution in [1.82, 2.24) is 9.97 Å². The molecule has 2 amide bonds. The summed E-state index contributed by atoms with van der Waals surface area (Å²) in [4.78, 5) is 30.9. The molecule has 0 saturated heterocycles. The maximum atomic E-state index is 11.7. The molecular formula is C13H13N5O2. The highest BCUT2D eigenvalue weighted by Gasteiger charge is 2.16. The Labute approximate surface area is 115 Å². The number of amides is 2. The molecule has 0 bridgehead atoms. The highest BCUT2D eigenvalue weighted by Crippen LogP contribution is 2.19. The molecule has 4 N–H and O–H groups in total. The van der Waals surface area contributed by atoms with Crippen molar-refractivity contribution in [1.29, 1.82) is 0 Å². The number of carbonyl (C=O) groups is 2. The van der Waals surface area contributed by atoms with E-state index in [-0.39, 0.29) is 5.95 Å². The van der Waals surface area contributed by atoms with Gasteiger partial charge in [0.2, 0.25) is 5.95 Å². The first kappa shape index (κ1) is 13.5. The minimum Gasteiger partial charge on any atom is -0.397 e. The van der Waals surface area contributed by atoms with E-state index in [2.05, 4.69) is 20.6 Å². The van der Waals surface area contributed by atoms with Crippen LogP contribution in [0.3, 0.4) is 0 Å². The van der Waals surface area contributed by atoms with Crippen LogP contribution in [-0.2, 0) is 9.59 Å². The third-order valence-electron chi connectivity index (χ3n) is 2.45. The maximum absolute atomic E-state index is 11.7. The zero-order chi connectivity index (χ0) is 14.5. The molecule has 0 radical (unpaired) electrons. The average molecular weight is 271 g/mol. The lowest BCUT2D eigenvalue weighted by Gasteiger charge is -2.08. The fraction of sp³-hybridized carbons (Fsp3) is 0.0769. The van der Waals surface area contributed by atoms with E-state index in [0.29, 0.717) is 11.4 Å². The number of rotatable bonds is 2. The first-order chi connectivity index (χ1) is 9.56. The summed E-state index contributed by atoms with van der Waals surface area (Å²) >= 11 is 0. The van der Waals surface area contributed by atoms with E-state index in [1.807, 2.05) is 6.92 Å². The summed E-state index contributed by atoms with van der Waals surface area (Å²) in [5, 5.41) is 4.70. The van der Waals surface area contributed by atoms with Gasteiger partial charge < -0.3 is 11.1 Å². The van der Waals surface area contributed by atoms with Gasteiger partial charge in [0.25, 0.3) is 0 Å². The molecule has 0 atom stereocenters. The highest BCUT2D eigenvalue weighted by atomic mass is 16.2. The monoisotopic (exact) mass is 271 g/mol. The number of carbonyl (C=O) groups excluding carboxylic acids is 2. The first-order valence-electron chi connectivity index (χ1n) is 5.82. The number of nitrogen functional groups attached to an aromatic ring is 1. The second-order valence-electron chi connectivity index (χ2n) is 4.07. The number of nitrogens with zero attached hydrogens (tertiary/aromatic N) is 2. The molecule has 0 spiro atoms. The van der Waals surface area contributed by atoms with E-state index in [4.69, 9.17) is 5.73 Å². The number of benzene rings is 1. The third-order valence-corrected chi connectivity index (χ3v) is 2.45. The molecule has 0 aliphatic carbocycles. The number of anilines is 3. The minimum absolute atomic E-state index is 0.0597. The van der Waals surface area contributed by atoms with Gasteiger partial charge >= 0.3 is 11.8 Å². The fourth-order valence-electron chi connectivity index (χ4n) is 1.50. The van der Waals surface area contributed by atoms with Crippen molar-refractivity contribution in [2.24, 2.45) is 0 Å². The van der Waals surface area contributed by atoms with E-state index in [1.165, 1.54) is 12.4 Å². The Morgan fingerprint density at radius 1 is 1.10 bits per heavy atom. The minimum atomic E-state index is -0.865. The Morgan fingerprint density at radius 3 is 2.40 bits per heavy atom.